The van der Waals surface area contributed by atoms with E-state index in [0.717, 1.165) is 11.1 Å². The third-order valence-electron chi connectivity index (χ3n) is 2.90. The molecule has 1 nitrogen and oxygen atoms in total. The van der Waals surface area contributed by atoms with Crippen molar-refractivity contribution in [3.8, 4) is 0 Å². The van der Waals surface area contributed by atoms with Crippen LogP contribution < -0.4 is 0 Å². The molecule has 0 spiro atoms. The first-order valence-electron chi connectivity index (χ1n) is 5.95. The normalized spacial score (nSPS) is 12.1. The maximum absolute atomic E-state index is 12.0. The molecule has 0 aliphatic heterocycles. The van der Waals surface area contributed by atoms with Crippen LogP contribution in [-0.4, -0.2) is 5.78 Å². The molecular formula is C16H15ClO. The highest BCUT2D eigenvalue weighted by atomic mass is 35.5. The molecule has 0 saturated heterocycles. The van der Waals surface area contributed by atoms with Gasteiger partial charge in [-0.3, -0.25) is 4.79 Å². The van der Waals surface area contributed by atoms with Crippen molar-refractivity contribution in [3.05, 3.63) is 71.3 Å². The average Bonchev–Trinajstić information content (AvgIpc) is 2.40. The highest BCUT2D eigenvalue weighted by Crippen LogP contribution is 2.26. The minimum absolute atomic E-state index is 0.0798. The topological polar surface area (TPSA) is 17.1 Å². The molecule has 0 radical (unpaired) electrons. The lowest BCUT2D eigenvalue weighted by molar-refractivity contribution is 0.0981. The number of carbonyl (C=O) groups excluding carboxylic acids is 1. The van der Waals surface area contributed by atoms with Crippen molar-refractivity contribution in [2.75, 3.05) is 0 Å². The van der Waals surface area contributed by atoms with E-state index in [4.69, 9.17) is 11.6 Å². The molecule has 0 bridgehead atoms. The van der Waals surface area contributed by atoms with Crippen molar-refractivity contribution in [1.29, 1.82) is 0 Å². The smallest absolute Gasteiger partial charge is 0.164 e. The largest absolute Gasteiger partial charge is 0.294 e. The Morgan fingerprint density at radius 1 is 1.06 bits per heavy atom. The van der Waals surface area contributed by atoms with Crippen LogP contribution >= 0.6 is 11.6 Å². The summed E-state index contributed by atoms with van der Waals surface area (Å²) in [7, 11) is 0. The van der Waals surface area contributed by atoms with Gasteiger partial charge in [0.15, 0.2) is 5.78 Å². The molecule has 0 aliphatic carbocycles. The van der Waals surface area contributed by atoms with Crippen molar-refractivity contribution in [2.45, 2.75) is 18.7 Å². The zero-order valence-corrected chi connectivity index (χ0v) is 11.0. The Morgan fingerprint density at radius 3 is 2.28 bits per heavy atom. The van der Waals surface area contributed by atoms with Gasteiger partial charge in [0.05, 0.1) is 5.38 Å². The van der Waals surface area contributed by atoms with Gasteiger partial charge in [-0.25, -0.2) is 0 Å². The van der Waals surface area contributed by atoms with Crippen LogP contribution in [-0.2, 0) is 0 Å². The van der Waals surface area contributed by atoms with Crippen LogP contribution in [0.1, 0.15) is 33.3 Å². The Morgan fingerprint density at radius 2 is 1.67 bits per heavy atom. The number of ketones is 1. The highest BCUT2D eigenvalue weighted by molar-refractivity contribution is 6.22. The van der Waals surface area contributed by atoms with Gasteiger partial charge in [0.25, 0.3) is 0 Å². The van der Waals surface area contributed by atoms with Crippen molar-refractivity contribution in [3.63, 3.8) is 0 Å². The molecule has 0 heterocycles. The van der Waals surface area contributed by atoms with Gasteiger partial charge in [-0.1, -0.05) is 60.2 Å². The number of halogens is 1. The van der Waals surface area contributed by atoms with Gasteiger partial charge >= 0.3 is 0 Å². The second-order valence-corrected chi connectivity index (χ2v) is 4.90. The second-order valence-electron chi connectivity index (χ2n) is 4.37. The number of aryl methyl sites for hydroxylation is 1. The summed E-state index contributed by atoms with van der Waals surface area (Å²) in [6.07, 6.45) is 0.328. The molecule has 0 aromatic heterocycles. The quantitative estimate of drug-likeness (QED) is 0.581. The summed E-state index contributed by atoms with van der Waals surface area (Å²) in [5.74, 6) is 0.0798. The predicted molar refractivity (Wildman–Crippen MR) is 75.2 cm³/mol. The van der Waals surface area contributed by atoms with Crippen LogP contribution in [0, 0.1) is 6.92 Å². The minimum atomic E-state index is -0.265. The molecule has 18 heavy (non-hydrogen) atoms. The molecule has 0 unspecified atom stereocenters. The Bertz CT molecular complexity index is 517. The third kappa shape index (κ3) is 3.21. The molecule has 0 fully saturated rings. The van der Waals surface area contributed by atoms with Gasteiger partial charge in [0.2, 0.25) is 0 Å². The number of Topliss-reactive ketones (excluding diaryl/α,β-unsaturated/α-hetero) is 1. The van der Waals surface area contributed by atoms with Crippen molar-refractivity contribution >= 4 is 17.4 Å². The van der Waals surface area contributed by atoms with E-state index in [1.807, 2.05) is 61.5 Å². The zero-order chi connectivity index (χ0) is 13.0. The molecule has 0 N–H and O–H groups in total. The SMILES string of the molecule is Cc1ccc([C@@H](Cl)CC(=O)c2ccccc2)cc1. The van der Waals surface area contributed by atoms with Crippen molar-refractivity contribution < 1.29 is 4.79 Å². The summed E-state index contributed by atoms with van der Waals surface area (Å²) in [6, 6.07) is 17.2. The van der Waals surface area contributed by atoms with E-state index in [-0.39, 0.29) is 11.2 Å². The fourth-order valence-corrected chi connectivity index (χ4v) is 2.08. The van der Waals surface area contributed by atoms with Gasteiger partial charge in [0, 0.05) is 12.0 Å². The minimum Gasteiger partial charge on any atom is -0.294 e. The van der Waals surface area contributed by atoms with E-state index < -0.39 is 0 Å². The van der Waals surface area contributed by atoms with Crippen LogP contribution in [0.15, 0.2) is 54.6 Å². The highest BCUT2D eigenvalue weighted by Gasteiger charge is 2.14. The molecule has 2 heteroatoms. The summed E-state index contributed by atoms with van der Waals surface area (Å²) >= 11 is 6.28. The third-order valence-corrected chi connectivity index (χ3v) is 3.31. The Balaban J connectivity index is 2.06. The lowest BCUT2D eigenvalue weighted by Crippen LogP contribution is -2.03. The van der Waals surface area contributed by atoms with E-state index in [2.05, 4.69) is 0 Å². The molecule has 0 saturated carbocycles. The number of hydrogen-bond acceptors (Lipinski definition) is 1. The van der Waals surface area contributed by atoms with E-state index in [1.165, 1.54) is 5.56 Å². The standard InChI is InChI=1S/C16H15ClO/c1-12-7-9-13(10-8-12)15(17)11-16(18)14-5-3-2-4-6-14/h2-10,15H,11H2,1H3/t15-/m0/s1. The Hall–Kier alpha value is -1.60. The van der Waals surface area contributed by atoms with Gasteiger partial charge in [-0.2, -0.15) is 0 Å². The van der Waals surface area contributed by atoms with Crippen LogP contribution in [0.2, 0.25) is 0 Å². The van der Waals surface area contributed by atoms with E-state index in [1.54, 1.807) is 0 Å². The van der Waals surface area contributed by atoms with Crippen LogP contribution in [0.5, 0.6) is 0 Å². The lowest BCUT2D eigenvalue weighted by atomic mass is 10.0. The summed E-state index contributed by atoms with van der Waals surface area (Å²) < 4.78 is 0. The first kappa shape index (κ1) is 12.8. The van der Waals surface area contributed by atoms with Crippen LogP contribution in [0.25, 0.3) is 0 Å². The second kappa shape index (κ2) is 5.83. The van der Waals surface area contributed by atoms with E-state index >= 15 is 0 Å². The summed E-state index contributed by atoms with van der Waals surface area (Å²) in [6.45, 7) is 2.03. The van der Waals surface area contributed by atoms with Crippen LogP contribution in [0.3, 0.4) is 0 Å². The number of alkyl halides is 1. The van der Waals surface area contributed by atoms with Crippen molar-refractivity contribution in [2.24, 2.45) is 0 Å². The lowest BCUT2D eigenvalue weighted by Gasteiger charge is -2.09. The summed E-state index contributed by atoms with van der Waals surface area (Å²) in [4.78, 5) is 12.0. The fourth-order valence-electron chi connectivity index (χ4n) is 1.80. The summed E-state index contributed by atoms with van der Waals surface area (Å²) in [5, 5.41) is -0.265. The van der Waals surface area contributed by atoms with Crippen LogP contribution in [0.4, 0.5) is 0 Å². The molecule has 2 aromatic carbocycles. The fraction of sp³-hybridized carbons (Fsp3) is 0.188. The Labute approximate surface area is 112 Å². The number of hydrogen-bond donors (Lipinski definition) is 0. The van der Waals surface area contributed by atoms with Gasteiger partial charge in [-0.05, 0) is 12.5 Å². The maximum atomic E-state index is 12.0. The summed E-state index contributed by atoms with van der Waals surface area (Å²) in [5.41, 5.74) is 2.90. The van der Waals surface area contributed by atoms with Gasteiger partial charge < -0.3 is 0 Å². The zero-order valence-electron chi connectivity index (χ0n) is 10.3. The van der Waals surface area contributed by atoms with Gasteiger partial charge in [-0.15, -0.1) is 11.6 Å². The Kier molecular flexibility index (Phi) is 4.16. The van der Waals surface area contributed by atoms with Crippen molar-refractivity contribution in [1.82, 2.24) is 0 Å². The molecule has 92 valence electrons. The number of rotatable bonds is 4. The molecule has 2 rings (SSSR count). The van der Waals surface area contributed by atoms with Gasteiger partial charge in [0.1, 0.15) is 0 Å². The molecule has 2 aromatic rings. The first-order chi connectivity index (χ1) is 8.66. The monoisotopic (exact) mass is 258 g/mol. The molecular weight excluding hydrogens is 244 g/mol. The molecule has 1 atom stereocenters. The average molecular weight is 259 g/mol. The number of carbonyl (C=O) groups is 1. The first-order valence-corrected chi connectivity index (χ1v) is 6.39. The van der Waals surface area contributed by atoms with E-state index in [0.29, 0.717) is 6.42 Å². The molecule has 0 amide bonds. The number of benzene rings is 2. The maximum Gasteiger partial charge on any atom is 0.164 e. The van der Waals surface area contributed by atoms with E-state index in [9.17, 15) is 4.79 Å². The molecule has 0 aliphatic rings. The predicted octanol–water partition coefficient (Wildman–Crippen LogP) is 4.55.